The number of β-amino-alcohol motifs (C(OH)–C–C–N with tert-alkyl or cyclic N) is 1. The Morgan fingerprint density at radius 1 is 1.43 bits per heavy atom. The molecule has 0 spiro atoms. The highest BCUT2D eigenvalue weighted by atomic mass is 16.5. The summed E-state index contributed by atoms with van der Waals surface area (Å²) < 4.78 is 5.36. The van der Waals surface area contributed by atoms with Crippen LogP contribution in [0.3, 0.4) is 0 Å². The second-order valence-electron chi connectivity index (χ2n) is 5.61. The average molecular weight is 294 g/mol. The maximum absolute atomic E-state index is 12.3. The van der Waals surface area contributed by atoms with E-state index in [0.717, 1.165) is 0 Å². The van der Waals surface area contributed by atoms with Crippen LogP contribution in [0.25, 0.3) is 0 Å². The minimum absolute atomic E-state index is 0.00419. The molecule has 2 unspecified atom stereocenters. The van der Waals surface area contributed by atoms with Gasteiger partial charge in [-0.25, -0.2) is 0 Å². The standard InChI is InChI=1S/C15H22N2O4/c1-16(2)8-11-7-12(18)9-17(11)15(20)10-21-14-6-4-3-5-13(14)19/h3-6,11-12,18-19H,7-10H2,1-2H3. The van der Waals surface area contributed by atoms with E-state index < -0.39 is 6.10 Å². The molecule has 0 aliphatic carbocycles. The molecule has 116 valence electrons. The van der Waals surface area contributed by atoms with Gasteiger partial charge in [-0.2, -0.15) is 0 Å². The van der Waals surface area contributed by atoms with Crippen LogP contribution in [0.15, 0.2) is 24.3 Å². The molecule has 1 aromatic carbocycles. The van der Waals surface area contributed by atoms with Crippen molar-refractivity contribution in [2.45, 2.75) is 18.6 Å². The monoisotopic (exact) mass is 294 g/mol. The molecular formula is C15H22N2O4. The van der Waals surface area contributed by atoms with Crippen molar-refractivity contribution in [3.8, 4) is 11.5 Å². The van der Waals surface area contributed by atoms with Crippen molar-refractivity contribution in [3.05, 3.63) is 24.3 Å². The maximum Gasteiger partial charge on any atom is 0.260 e. The van der Waals surface area contributed by atoms with Crippen LogP contribution in [-0.2, 0) is 4.79 Å². The largest absolute Gasteiger partial charge is 0.504 e. The number of likely N-dealkylation sites (N-methyl/N-ethyl adjacent to an activating group) is 1. The second kappa shape index (κ2) is 6.78. The highest BCUT2D eigenvalue weighted by molar-refractivity contribution is 5.78. The van der Waals surface area contributed by atoms with Crippen molar-refractivity contribution in [2.24, 2.45) is 0 Å². The van der Waals surface area contributed by atoms with E-state index >= 15 is 0 Å². The van der Waals surface area contributed by atoms with Crippen LogP contribution in [0.2, 0.25) is 0 Å². The molecule has 6 nitrogen and oxygen atoms in total. The highest BCUT2D eigenvalue weighted by Gasteiger charge is 2.34. The van der Waals surface area contributed by atoms with Crippen molar-refractivity contribution in [1.82, 2.24) is 9.80 Å². The van der Waals surface area contributed by atoms with Crippen LogP contribution in [0.1, 0.15) is 6.42 Å². The molecule has 0 bridgehead atoms. The Labute approximate surface area is 124 Å². The number of para-hydroxylation sites is 2. The number of amides is 1. The summed E-state index contributed by atoms with van der Waals surface area (Å²) in [5, 5.41) is 19.4. The predicted molar refractivity (Wildman–Crippen MR) is 78.3 cm³/mol. The van der Waals surface area contributed by atoms with Crippen LogP contribution >= 0.6 is 0 Å². The average Bonchev–Trinajstić information content (AvgIpc) is 2.77. The Hall–Kier alpha value is -1.79. The SMILES string of the molecule is CN(C)CC1CC(O)CN1C(=O)COc1ccccc1O. The molecule has 2 rings (SSSR count). The van der Waals surface area contributed by atoms with Crippen LogP contribution in [0.5, 0.6) is 11.5 Å². The van der Waals surface area contributed by atoms with Crippen molar-refractivity contribution in [2.75, 3.05) is 33.8 Å². The summed E-state index contributed by atoms with van der Waals surface area (Å²) in [7, 11) is 3.87. The Balaban J connectivity index is 1.94. The molecule has 2 atom stereocenters. The van der Waals surface area contributed by atoms with Gasteiger partial charge in [0.25, 0.3) is 5.91 Å². The summed E-state index contributed by atoms with van der Waals surface area (Å²) in [5.41, 5.74) is 0. The number of rotatable bonds is 5. The van der Waals surface area contributed by atoms with E-state index in [1.165, 1.54) is 6.07 Å². The number of carbonyl (C=O) groups excluding carboxylic acids is 1. The van der Waals surface area contributed by atoms with E-state index in [2.05, 4.69) is 0 Å². The molecule has 1 heterocycles. The fourth-order valence-electron chi connectivity index (χ4n) is 2.59. The van der Waals surface area contributed by atoms with Gasteiger partial charge in [-0.1, -0.05) is 12.1 Å². The van der Waals surface area contributed by atoms with Crippen molar-refractivity contribution >= 4 is 5.91 Å². The van der Waals surface area contributed by atoms with E-state index in [0.29, 0.717) is 19.5 Å². The minimum atomic E-state index is -0.482. The smallest absolute Gasteiger partial charge is 0.260 e. The fourth-order valence-corrected chi connectivity index (χ4v) is 2.59. The van der Waals surface area contributed by atoms with Crippen LogP contribution < -0.4 is 4.74 Å². The van der Waals surface area contributed by atoms with Gasteiger partial charge in [0.1, 0.15) is 0 Å². The van der Waals surface area contributed by atoms with Gasteiger partial charge in [-0.3, -0.25) is 4.79 Å². The van der Waals surface area contributed by atoms with Crippen LogP contribution in [-0.4, -0.2) is 71.9 Å². The number of likely N-dealkylation sites (tertiary alicyclic amines) is 1. The molecule has 1 saturated heterocycles. The summed E-state index contributed by atoms with van der Waals surface area (Å²) >= 11 is 0. The summed E-state index contributed by atoms with van der Waals surface area (Å²) in [6.45, 7) is 0.898. The third-order valence-electron chi connectivity index (χ3n) is 3.51. The zero-order chi connectivity index (χ0) is 15.4. The first kappa shape index (κ1) is 15.6. The normalized spacial score (nSPS) is 21.8. The summed E-state index contributed by atoms with van der Waals surface area (Å²) in [6.07, 6.45) is 0.101. The van der Waals surface area contributed by atoms with E-state index in [1.807, 2.05) is 19.0 Å². The molecule has 0 saturated carbocycles. The number of nitrogens with zero attached hydrogens (tertiary/aromatic N) is 2. The molecule has 1 aliphatic rings. The Bertz CT molecular complexity index is 492. The Kier molecular flexibility index (Phi) is 5.03. The number of aromatic hydroxyl groups is 1. The molecule has 6 heteroatoms. The molecule has 1 aromatic rings. The molecule has 21 heavy (non-hydrogen) atoms. The zero-order valence-corrected chi connectivity index (χ0v) is 12.4. The van der Waals surface area contributed by atoms with Gasteiger partial charge in [-0.15, -0.1) is 0 Å². The Morgan fingerprint density at radius 2 is 2.14 bits per heavy atom. The van der Waals surface area contributed by atoms with Gasteiger partial charge >= 0.3 is 0 Å². The summed E-state index contributed by atoms with van der Waals surface area (Å²) in [6, 6.07) is 6.53. The van der Waals surface area contributed by atoms with E-state index in [1.54, 1.807) is 23.1 Å². The number of phenols is 1. The van der Waals surface area contributed by atoms with Gasteiger partial charge in [0, 0.05) is 19.1 Å². The lowest BCUT2D eigenvalue weighted by molar-refractivity contribution is -0.134. The number of carbonyl (C=O) groups is 1. The quantitative estimate of drug-likeness (QED) is 0.817. The lowest BCUT2D eigenvalue weighted by atomic mass is 10.2. The number of hydrogen-bond acceptors (Lipinski definition) is 5. The number of phenolic OH excluding ortho intramolecular Hbond substituents is 1. The lowest BCUT2D eigenvalue weighted by Gasteiger charge is -2.26. The Morgan fingerprint density at radius 3 is 2.81 bits per heavy atom. The number of benzene rings is 1. The van der Waals surface area contributed by atoms with Gasteiger partial charge in [0.15, 0.2) is 18.1 Å². The molecule has 1 fully saturated rings. The first-order valence-corrected chi connectivity index (χ1v) is 7.00. The summed E-state index contributed by atoms with van der Waals surface area (Å²) in [5.74, 6) is 0.119. The second-order valence-corrected chi connectivity index (χ2v) is 5.61. The minimum Gasteiger partial charge on any atom is -0.504 e. The number of ether oxygens (including phenoxy) is 1. The third kappa shape index (κ3) is 4.09. The van der Waals surface area contributed by atoms with Gasteiger partial charge in [-0.05, 0) is 32.6 Å². The molecule has 2 N–H and O–H groups in total. The molecule has 0 radical (unpaired) electrons. The first-order chi connectivity index (χ1) is 9.97. The number of aliphatic hydroxyl groups is 1. The van der Waals surface area contributed by atoms with Crippen LogP contribution in [0, 0.1) is 0 Å². The van der Waals surface area contributed by atoms with Crippen molar-refractivity contribution < 1.29 is 19.7 Å². The van der Waals surface area contributed by atoms with Crippen LogP contribution in [0.4, 0.5) is 0 Å². The zero-order valence-electron chi connectivity index (χ0n) is 12.4. The first-order valence-electron chi connectivity index (χ1n) is 7.00. The third-order valence-corrected chi connectivity index (χ3v) is 3.51. The number of aliphatic hydroxyl groups excluding tert-OH is 1. The van der Waals surface area contributed by atoms with Crippen molar-refractivity contribution in [3.63, 3.8) is 0 Å². The summed E-state index contributed by atoms with van der Waals surface area (Å²) in [4.78, 5) is 15.9. The fraction of sp³-hybridized carbons (Fsp3) is 0.533. The number of hydrogen-bond donors (Lipinski definition) is 2. The molecule has 0 aromatic heterocycles. The van der Waals surface area contributed by atoms with E-state index in [9.17, 15) is 15.0 Å². The maximum atomic E-state index is 12.3. The molecule has 1 amide bonds. The van der Waals surface area contributed by atoms with E-state index in [4.69, 9.17) is 4.74 Å². The van der Waals surface area contributed by atoms with Gasteiger partial charge < -0.3 is 24.7 Å². The van der Waals surface area contributed by atoms with Gasteiger partial charge in [0.2, 0.25) is 0 Å². The predicted octanol–water partition coefficient (Wildman–Crippen LogP) is 0.294. The topological polar surface area (TPSA) is 73.2 Å². The van der Waals surface area contributed by atoms with Crippen molar-refractivity contribution in [1.29, 1.82) is 0 Å². The molecular weight excluding hydrogens is 272 g/mol. The van der Waals surface area contributed by atoms with E-state index in [-0.39, 0.29) is 30.1 Å². The highest BCUT2D eigenvalue weighted by Crippen LogP contribution is 2.25. The lowest BCUT2D eigenvalue weighted by Crippen LogP contribution is -2.43. The molecule has 1 aliphatic heterocycles. The van der Waals surface area contributed by atoms with Gasteiger partial charge in [0.05, 0.1) is 6.10 Å².